The summed E-state index contributed by atoms with van der Waals surface area (Å²) in [5, 5.41) is 3.37. The van der Waals surface area contributed by atoms with Gasteiger partial charge in [0, 0.05) is 11.0 Å². The molecule has 1 aromatic carbocycles. The number of nitrogens with one attached hydrogen (secondary N) is 1. The maximum Gasteiger partial charge on any atom is 0.123 e. The molecule has 0 radical (unpaired) electrons. The zero-order valence-electron chi connectivity index (χ0n) is 9.63. The second kappa shape index (κ2) is 5.69. The van der Waals surface area contributed by atoms with Crippen molar-refractivity contribution in [2.45, 2.75) is 32.3 Å². The summed E-state index contributed by atoms with van der Waals surface area (Å²) in [6.07, 6.45) is 3.71. The Morgan fingerprint density at radius 1 is 1.50 bits per heavy atom. The van der Waals surface area contributed by atoms with Crippen LogP contribution in [0.25, 0.3) is 0 Å². The van der Waals surface area contributed by atoms with E-state index in [4.69, 9.17) is 4.74 Å². The molecule has 88 valence electrons. The van der Waals surface area contributed by atoms with E-state index in [0.717, 1.165) is 36.2 Å². The predicted molar refractivity (Wildman–Crippen MR) is 70.0 cm³/mol. The van der Waals surface area contributed by atoms with Crippen LogP contribution in [0.5, 0.6) is 5.75 Å². The maximum absolute atomic E-state index is 6.05. The average Bonchev–Trinajstić information content (AvgIpc) is 2.33. The number of ether oxygens (including phenoxy) is 1. The normalized spacial score (nSPS) is 20.8. The minimum atomic E-state index is 0.334. The molecule has 1 aromatic rings. The number of hydrogen-bond acceptors (Lipinski definition) is 2. The van der Waals surface area contributed by atoms with E-state index in [9.17, 15) is 0 Å². The van der Waals surface area contributed by atoms with E-state index in [1.165, 1.54) is 12.0 Å². The number of benzene rings is 1. The third-order valence-electron chi connectivity index (χ3n) is 2.95. The molecular weight excluding hydrogens is 266 g/mol. The lowest BCUT2D eigenvalue weighted by molar-refractivity contribution is 0.165. The Balaban J connectivity index is 2.07. The molecule has 2 nitrogen and oxygen atoms in total. The standard InChI is InChI=1S/C13H18BrNO/c1-2-10-8-11(14)5-6-13(10)16-12-4-3-7-15-9-12/h5-6,8,12,15H,2-4,7,9H2,1H3. The van der Waals surface area contributed by atoms with Crippen molar-refractivity contribution in [1.29, 1.82) is 0 Å². The minimum Gasteiger partial charge on any atom is -0.489 e. The first-order valence-electron chi connectivity index (χ1n) is 5.95. The third kappa shape index (κ3) is 2.98. The van der Waals surface area contributed by atoms with Gasteiger partial charge in [-0.25, -0.2) is 0 Å². The molecule has 0 spiro atoms. The molecule has 0 bridgehead atoms. The Hall–Kier alpha value is -0.540. The van der Waals surface area contributed by atoms with E-state index >= 15 is 0 Å². The van der Waals surface area contributed by atoms with Crippen molar-refractivity contribution in [2.75, 3.05) is 13.1 Å². The molecule has 1 unspecified atom stereocenters. The lowest BCUT2D eigenvalue weighted by Gasteiger charge is -2.25. The Bertz CT molecular complexity index is 348. The molecule has 1 atom stereocenters. The van der Waals surface area contributed by atoms with Gasteiger partial charge in [0.25, 0.3) is 0 Å². The molecule has 3 heteroatoms. The first-order valence-corrected chi connectivity index (χ1v) is 6.74. The van der Waals surface area contributed by atoms with Crippen LogP contribution in [-0.4, -0.2) is 19.2 Å². The summed E-state index contributed by atoms with van der Waals surface area (Å²) in [6, 6.07) is 6.26. The molecule has 0 amide bonds. The molecule has 16 heavy (non-hydrogen) atoms. The maximum atomic E-state index is 6.05. The van der Waals surface area contributed by atoms with Crippen LogP contribution in [0.15, 0.2) is 22.7 Å². The Labute approximate surface area is 106 Å². The molecule has 0 saturated carbocycles. The van der Waals surface area contributed by atoms with Crippen LogP contribution >= 0.6 is 15.9 Å². The highest BCUT2D eigenvalue weighted by Gasteiger charge is 2.15. The largest absolute Gasteiger partial charge is 0.489 e. The van der Waals surface area contributed by atoms with Crippen molar-refractivity contribution in [1.82, 2.24) is 5.32 Å². The fourth-order valence-electron chi connectivity index (χ4n) is 2.04. The molecule has 2 rings (SSSR count). The van der Waals surface area contributed by atoms with E-state index in [1.807, 2.05) is 6.07 Å². The van der Waals surface area contributed by atoms with Crippen molar-refractivity contribution >= 4 is 15.9 Å². The minimum absolute atomic E-state index is 0.334. The van der Waals surface area contributed by atoms with Crippen LogP contribution < -0.4 is 10.1 Å². The third-order valence-corrected chi connectivity index (χ3v) is 3.44. The topological polar surface area (TPSA) is 21.3 Å². The van der Waals surface area contributed by atoms with Crippen molar-refractivity contribution in [3.8, 4) is 5.75 Å². The van der Waals surface area contributed by atoms with Gasteiger partial charge in [0.1, 0.15) is 11.9 Å². The van der Waals surface area contributed by atoms with Crippen LogP contribution in [0.3, 0.4) is 0 Å². The van der Waals surface area contributed by atoms with Gasteiger partial charge in [-0.05, 0) is 49.6 Å². The van der Waals surface area contributed by atoms with Crippen molar-refractivity contribution < 1.29 is 4.74 Å². The quantitative estimate of drug-likeness (QED) is 0.920. The van der Waals surface area contributed by atoms with Crippen LogP contribution in [0.1, 0.15) is 25.3 Å². The fourth-order valence-corrected chi connectivity index (χ4v) is 2.45. The molecule has 1 heterocycles. The molecule has 0 aliphatic carbocycles. The summed E-state index contributed by atoms with van der Waals surface area (Å²) < 4.78 is 7.17. The number of piperidine rings is 1. The summed E-state index contributed by atoms with van der Waals surface area (Å²) in [6.45, 7) is 4.26. The number of aryl methyl sites for hydroxylation is 1. The van der Waals surface area contributed by atoms with E-state index in [2.05, 4.69) is 40.3 Å². The highest BCUT2D eigenvalue weighted by molar-refractivity contribution is 9.10. The van der Waals surface area contributed by atoms with Crippen molar-refractivity contribution in [2.24, 2.45) is 0 Å². The van der Waals surface area contributed by atoms with Gasteiger partial charge in [-0.1, -0.05) is 22.9 Å². The van der Waals surface area contributed by atoms with Gasteiger partial charge < -0.3 is 10.1 Å². The molecule has 1 N–H and O–H groups in total. The van der Waals surface area contributed by atoms with Gasteiger partial charge in [-0.3, -0.25) is 0 Å². The smallest absolute Gasteiger partial charge is 0.123 e. The number of halogens is 1. The van der Waals surface area contributed by atoms with Gasteiger partial charge in [0.15, 0.2) is 0 Å². The number of hydrogen-bond donors (Lipinski definition) is 1. The summed E-state index contributed by atoms with van der Waals surface area (Å²) in [5.41, 5.74) is 1.28. The van der Waals surface area contributed by atoms with Crippen molar-refractivity contribution in [3.63, 3.8) is 0 Å². The lowest BCUT2D eigenvalue weighted by atomic mass is 10.1. The molecular formula is C13H18BrNO. The van der Waals surface area contributed by atoms with E-state index < -0.39 is 0 Å². The Kier molecular flexibility index (Phi) is 4.24. The molecule has 0 aromatic heterocycles. The van der Waals surface area contributed by atoms with Gasteiger partial charge in [0.2, 0.25) is 0 Å². The average molecular weight is 284 g/mol. The van der Waals surface area contributed by atoms with Crippen LogP contribution in [0, 0.1) is 0 Å². The van der Waals surface area contributed by atoms with E-state index in [-0.39, 0.29) is 0 Å². The van der Waals surface area contributed by atoms with Gasteiger partial charge in [-0.2, -0.15) is 0 Å². The SMILES string of the molecule is CCc1cc(Br)ccc1OC1CCCNC1. The molecule has 1 saturated heterocycles. The summed E-state index contributed by atoms with van der Waals surface area (Å²) >= 11 is 3.49. The van der Waals surface area contributed by atoms with Crippen LogP contribution in [-0.2, 0) is 6.42 Å². The Morgan fingerprint density at radius 2 is 2.38 bits per heavy atom. The zero-order valence-corrected chi connectivity index (χ0v) is 11.2. The van der Waals surface area contributed by atoms with Crippen LogP contribution in [0.2, 0.25) is 0 Å². The fraction of sp³-hybridized carbons (Fsp3) is 0.538. The summed E-state index contributed by atoms with van der Waals surface area (Å²) in [4.78, 5) is 0. The van der Waals surface area contributed by atoms with E-state index in [1.54, 1.807) is 0 Å². The van der Waals surface area contributed by atoms with Gasteiger partial charge in [-0.15, -0.1) is 0 Å². The highest BCUT2D eigenvalue weighted by Crippen LogP contribution is 2.25. The van der Waals surface area contributed by atoms with Crippen molar-refractivity contribution in [3.05, 3.63) is 28.2 Å². The molecule has 1 aliphatic heterocycles. The second-order valence-electron chi connectivity index (χ2n) is 4.19. The molecule has 1 aliphatic rings. The Morgan fingerprint density at radius 3 is 3.06 bits per heavy atom. The summed E-state index contributed by atoms with van der Waals surface area (Å²) in [7, 11) is 0. The first kappa shape index (κ1) is 11.9. The predicted octanol–water partition coefficient (Wildman–Crippen LogP) is 3.14. The molecule has 1 fully saturated rings. The number of rotatable bonds is 3. The van der Waals surface area contributed by atoms with E-state index in [0.29, 0.717) is 6.10 Å². The van der Waals surface area contributed by atoms with Gasteiger partial charge in [0.05, 0.1) is 0 Å². The first-order chi connectivity index (χ1) is 7.79. The zero-order chi connectivity index (χ0) is 11.4. The monoisotopic (exact) mass is 283 g/mol. The van der Waals surface area contributed by atoms with Gasteiger partial charge >= 0.3 is 0 Å². The second-order valence-corrected chi connectivity index (χ2v) is 5.11. The summed E-state index contributed by atoms with van der Waals surface area (Å²) in [5.74, 6) is 1.04. The van der Waals surface area contributed by atoms with Crippen LogP contribution in [0.4, 0.5) is 0 Å². The lowest BCUT2D eigenvalue weighted by Crippen LogP contribution is -2.37. The highest BCUT2D eigenvalue weighted by atomic mass is 79.9.